The van der Waals surface area contributed by atoms with Crippen LogP contribution in [-0.4, -0.2) is 4.98 Å². The Morgan fingerprint density at radius 3 is 2.31 bits per heavy atom. The Morgan fingerprint density at radius 1 is 1.38 bits per heavy atom. The first kappa shape index (κ1) is 12.8. The van der Waals surface area contributed by atoms with Gasteiger partial charge in [0.05, 0.1) is 5.56 Å². The maximum atomic E-state index is 12.3. The Labute approximate surface area is 94.8 Å². The summed E-state index contributed by atoms with van der Waals surface area (Å²) < 4.78 is 61.1. The SMILES string of the molecule is N#Cc1nc(C(F)F)c(Br)cc1C(F)(F)F. The number of hydrogen-bond donors (Lipinski definition) is 0. The van der Waals surface area contributed by atoms with Gasteiger partial charge in [0.25, 0.3) is 6.43 Å². The summed E-state index contributed by atoms with van der Waals surface area (Å²) in [4.78, 5) is 2.98. The second-order valence-corrected chi connectivity index (χ2v) is 3.52. The van der Waals surface area contributed by atoms with Crippen molar-refractivity contribution < 1.29 is 22.0 Å². The number of nitrogens with zero attached hydrogens (tertiary/aromatic N) is 2. The Morgan fingerprint density at radius 2 is 1.94 bits per heavy atom. The fourth-order valence-electron chi connectivity index (χ4n) is 0.957. The van der Waals surface area contributed by atoms with E-state index in [0.29, 0.717) is 6.07 Å². The van der Waals surface area contributed by atoms with Gasteiger partial charge in [0.1, 0.15) is 11.8 Å². The van der Waals surface area contributed by atoms with Gasteiger partial charge in [-0.05, 0) is 22.0 Å². The van der Waals surface area contributed by atoms with E-state index in [4.69, 9.17) is 5.26 Å². The molecule has 8 heteroatoms. The largest absolute Gasteiger partial charge is 0.419 e. The number of alkyl halides is 5. The highest BCUT2D eigenvalue weighted by molar-refractivity contribution is 9.10. The number of rotatable bonds is 1. The lowest BCUT2D eigenvalue weighted by atomic mass is 10.1. The van der Waals surface area contributed by atoms with Gasteiger partial charge in [-0.25, -0.2) is 13.8 Å². The Kier molecular flexibility index (Phi) is 3.48. The highest BCUT2D eigenvalue weighted by atomic mass is 79.9. The normalized spacial score (nSPS) is 11.6. The van der Waals surface area contributed by atoms with E-state index in [-0.39, 0.29) is 0 Å². The van der Waals surface area contributed by atoms with E-state index in [1.54, 1.807) is 0 Å². The lowest BCUT2D eigenvalue weighted by Crippen LogP contribution is -2.11. The van der Waals surface area contributed by atoms with Crippen LogP contribution in [0.1, 0.15) is 23.4 Å². The average molecular weight is 301 g/mol. The number of nitriles is 1. The summed E-state index contributed by atoms with van der Waals surface area (Å²) in [7, 11) is 0. The first-order valence-electron chi connectivity index (χ1n) is 3.73. The zero-order valence-corrected chi connectivity index (χ0v) is 8.90. The predicted octanol–water partition coefficient (Wildman–Crippen LogP) is 3.67. The highest BCUT2D eigenvalue weighted by Gasteiger charge is 2.36. The van der Waals surface area contributed by atoms with Crippen molar-refractivity contribution in [1.82, 2.24) is 4.98 Å². The highest BCUT2D eigenvalue weighted by Crippen LogP contribution is 2.35. The standard InChI is InChI=1S/C8H2BrF5N2/c9-4-1-3(8(12,13)14)5(2-15)16-6(4)7(10)11/h1,7H. The third-order valence-electron chi connectivity index (χ3n) is 1.62. The van der Waals surface area contributed by atoms with Crippen LogP contribution in [0.3, 0.4) is 0 Å². The van der Waals surface area contributed by atoms with Gasteiger partial charge in [-0.2, -0.15) is 18.4 Å². The molecule has 1 aromatic rings. The summed E-state index contributed by atoms with van der Waals surface area (Å²) in [6, 6.07) is 1.56. The molecule has 0 aliphatic carbocycles. The van der Waals surface area contributed by atoms with E-state index in [2.05, 4.69) is 20.9 Å². The molecule has 1 heterocycles. The van der Waals surface area contributed by atoms with Gasteiger partial charge < -0.3 is 0 Å². The molecule has 0 fully saturated rings. The second kappa shape index (κ2) is 4.33. The molecule has 1 aromatic heterocycles. The molecule has 1 rings (SSSR count). The van der Waals surface area contributed by atoms with Crippen molar-refractivity contribution in [2.75, 3.05) is 0 Å². The molecule has 86 valence electrons. The summed E-state index contributed by atoms with van der Waals surface area (Å²) >= 11 is 2.55. The molecule has 0 bridgehead atoms. The van der Waals surface area contributed by atoms with Crippen LogP contribution in [0.4, 0.5) is 22.0 Å². The van der Waals surface area contributed by atoms with Gasteiger partial charge in [-0.15, -0.1) is 0 Å². The van der Waals surface area contributed by atoms with Gasteiger partial charge in [0.15, 0.2) is 5.69 Å². The number of hydrogen-bond acceptors (Lipinski definition) is 2. The predicted molar refractivity (Wildman–Crippen MR) is 46.6 cm³/mol. The first-order chi connectivity index (χ1) is 7.27. The molecule has 0 N–H and O–H groups in total. The van der Waals surface area contributed by atoms with Gasteiger partial charge in [0, 0.05) is 4.47 Å². The Bertz CT molecular complexity index is 449. The Balaban J connectivity index is 3.46. The van der Waals surface area contributed by atoms with Crippen LogP contribution in [0, 0.1) is 11.3 Å². The summed E-state index contributed by atoms with van der Waals surface area (Å²) in [5.74, 6) is 0. The van der Waals surface area contributed by atoms with Gasteiger partial charge in [-0.1, -0.05) is 0 Å². The molecule has 0 aliphatic rings. The van der Waals surface area contributed by atoms with Crippen molar-refractivity contribution in [3.05, 3.63) is 27.5 Å². The lowest BCUT2D eigenvalue weighted by Gasteiger charge is -2.10. The molecular formula is C8H2BrF5N2. The molecule has 0 saturated carbocycles. The van der Waals surface area contributed by atoms with Crippen LogP contribution in [-0.2, 0) is 6.18 Å². The molecule has 0 aliphatic heterocycles. The van der Waals surface area contributed by atoms with Gasteiger partial charge >= 0.3 is 6.18 Å². The van der Waals surface area contributed by atoms with Crippen LogP contribution >= 0.6 is 15.9 Å². The fraction of sp³-hybridized carbons (Fsp3) is 0.250. The zero-order valence-electron chi connectivity index (χ0n) is 7.32. The molecular weight excluding hydrogens is 299 g/mol. The maximum Gasteiger partial charge on any atom is 0.419 e. The minimum atomic E-state index is -4.80. The van der Waals surface area contributed by atoms with Gasteiger partial charge in [0.2, 0.25) is 0 Å². The minimum Gasteiger partial charge on any atom is -0.234 e. The van der Waals surface area contributed by atoms with Crippen molar-refractivity contribution in [3.63, 3.8) is 0 Å². The van der Waals surface area contributed by atoms with Crippen LogP contribution in [0.5, 0.6) is 0 Å². The van der Waals surface area contributed by atoms with Crippen molar-refractivity contribution in [1.29, 1.82) is 5.26 Å². The maximum absolute atomic E-state index is 12.3. The summed E-state index contributed by atoms with van der Waals surface area (Å²) in [6.45, 7) is 0. The molecule has 0 amide bonds. The zero-order chi connectivity index (χ0) is 12.5. The fourth-order valence-corrected chi connectivity index (χ4v) is 1.45. The van der Waals surface area contributed by atoms with Crippen LogP contribution in [0.2, 0.25) is 0 Å². The third kappa shape index (κ3) is 2.47. The monoisotopic (exact) mass is 300 g/mol. The summed E-state index contributed by atoms with van der Waals surface area (Å²) in [6.07, 6.45) is -7.86. The third-order valence-corrected chi connectivity index (χ3v) is 2.26. The Hall–Kier alpha value is -1.23. The molecule has 0 atom stereocenters. The van der Waals surface area contributed by atoms with E-state index in [1.807, 2.05) is 0 Å². The number of pyridine rings is 1. The van der Waals surface area contributed by atoms with Crippen LogP contribution in [0.25, 0.3) is 0 Å². The van der Waals surface area contributed by atoms with Gasteiger partial charge in [-0.3, -0.25) is 0 Å². The first-order valence-corrected chi connectivity index (χ1v) is 4.52. The van der Waals surface area contributed by atoms with E-state index >= 15 is 0 Å². The molecule has 0 unspecified atom stereocenters. The van der Waals surface area contributed by atoms with E-state index in [9.17, 15) is 22.0 Å². The van der Waals surface area contributed by atoms with Crippen LogP contribution in [0.15, 0.2) is 10.5 Å². The molecule has 2 nitrogen and oxygen atoms in total. The van der Waals surface area contributed by atoms with Crippen LogP contribution < -0.4 is 0 Å². The number of halogens is 6. The summed E-state index contributed by atoms with van der Waals surface area (Å²) in [5.41, 5.74) is -3.29. The molecule has 0 aromatic carbocycles. The lowest BCUT2D eigenvalue weighted by molar-refractivity contribution is -0.138. The van der Waals surface area contributed by atoms with E-state index < -0.39 is 34.0 Å². The number of aromatic nitrogens is 1. The smallest absolute Gasteiger partial charge is 0.234 e. The van der Waals surface area contributed by atoms with Crippen molar-refractivity contribution in [2.24, 2.45) is 0 Å². The minimum absolute atomic E-state index is 0.424. The van der Waals surface area contributed by atoms with E-state index in [1.165, 1.54) is 0 Å². The molecule has 0 spiro atoms. The second-order valence-electron chi connectivity index (χ2n) is 2.66. The van der Waals surface area contributed by atoms with Crippen molar-refractivity contribution in [3.8, 4) is 6.07 Å². The van der Waals surface area contributed by atoms with Crippen molar-refractivity contribution >= 4 is 15.9 Å². The summed E-state index contributed by atoms with van der Waals surface area (Å²) in [5, 5.41) is 8.41. The topological polar surface area (TPSA) is 36.7 Å². The quantitative estimate of drug-likeness (QED) is 0.742. The van der Waals surface area contributed by atoms with Crippen molar-refractivity contribution in [2.45, 2.75) is 12.6 Å². The molecule has 0 saturated heterocycles. The molecule has 16 heavy (non-hydrogen) atoms. The average Bonchev–Trinajstić information content (AvgIpc) is 2.15. The molecule has 0 radical (unpaired) electrons. The van der Waals surface area contributed by atoms with E-state index in [0.717, 1.165) is 6.07 Å².